The lowest BCUT2D eigenvalue weighted by Crippen LogP contribution is -2.44. The Bertz CT molecular complexity index is 185. The van der Waals surface area contributed by atoms with Crippen LogP contribution in [0.3, 0.4) is 0 Å². The molecule has 0 spiro atoms. The van der Waals surface area contributed by atoms with Gasteiger partial charge in [-0.25, -0.2) is 0 Å². The van der Waals surface area contributed by atoms with Crippen molar-refractivity contribution >= 4 is 18.5 Å². The van der Waals surface area contributed by atoms with E-state index in [9.17, 15) is 4.79 Å². The number of carbonyl (C=O) groups is 1. The number of likely N-dealkylation sites (tertiary alicyclic amines) is 1. The second kappa shape index (κ2) is 6.30. The molecule has 0 radical (unpaired) electrons. The Kier molecular flexibility index (Phi) is 5.33. The molecule has 1 aliphatic rings. The summed E-state index contributed by atoms with van der Waals surface area (Å²) >= 11 is 4.06. The van der Waals surface area contributed by atoms with Gasteiger partial charge in [-0.15, -0.1) is 0 Å². The molecule has 1 aliphatic heterocycles. The topological polar surface area (TPSA) is 40.5 Å². The minimum atomic E-state index is 0.176. The number of aliphatic hydroxyl groups is 1. The Hall–Kier alpha value is -0.220. The maximum atomic E-state index is 11.7. The molecule has 0 aromatic carbocycles. The van der Waals surface area contributed by atoms with Crippen molar-refractivity contribution in [3.05, 3.63) is 0 Å². The average Bonchev–Trinajstić information content (AvgIpc) is 2.19. The van der Waals surface area contributed by atoms with Gasteiger partial charge in [0.15, 0.2) is 0 Å². The molecule has 1 heterocycles. The largest absolute Gasteiger partial charge is 0.396 e. The molecule has 4 heteroatoms. The highest BCUT2D eigenvalue weighted by atomic mass is 32.1. The van der Waals surface area contributed by atoms with Crippen LogP contribution in [0.5, 0.6) is 0 Å². The highest BCUT2D eigenvalue weighted by Crippen LogP contribution is 2.20. The number of aliphatic hydroxyl groups excluding tert-OH is 1. The third-order valence-corrected chi connectivity index (χ3v) is 2.96. The molecular weight excluding hydrogens is 198 g/mol. The van der Waals surface area contributed by atoms with Gasteiger partial charge in [0, 0.05) is 25.6 Å². The monoisotopic (exact) mass is 217 g/mol. The predicted octanol–water partition coefficient (Wildman–Crippen LogP) is 1.07. The van der Waals surface area contributed by atoms with Crippen LogP contribution in [0, 0.1) is 0 Å². The number of rotatable bonds is 4. The Morgan fingerprint density at radius 2 is 2.29 bits per heavy atom. The molecular formula is C10H19NO2S. The summed E-state index contributed by atoms with van der Waals surface area (Å²) in [5.74, 6) is 0.805. The first kappa shape index (κ1) is 11.9. The quantitative estimate of drug-likeness (QED) is 0.692. The second-order valence-electron chi connectivity index (χ2n) is 3.72. The summed E-state index contributed by atoms with van der Waals surface area (Å²) in [4.78, 5) is 13.6. The molecule has 1 atom stereocenters. The first-order chi connectivity index (χ1) is 6.79. The average molecular weight is 217 g/mol. The first-order valence-corrected chi connectivity index (χ1v) is 5.94. The van der Waals surface area contributed by atoms with Crippen LogP contribution in [-0.2, 0) is 4.79 Å². The number of hydrogen-bond donors (Lipinski definition) is 2. The SMILES string of the molecule is O=C(CCS)N1CCCCC1CCO. The van der Waals surface area contributed by atoms with Gasteiger partial charge in [0.25, 0.3) is 0 Å². The minimum Gasteiger partial charge on any atom is -0.396 e. The van der Waals surface area contributed by atoms with E-state index in [4.69, 9.17) is 5.11 Å². The van der Waals surface area contributed by atoms with Crippen molar-refractivity contribution < 1.29 is 9.90 Å². The van der Waals surface area contributed by atoms with Gasteiger partial charge in [0.05, 0.1) is 0 Å². The summed E-state index contributed by atoms with van der Waals surface area (Å²) in [6, 6.07) is 0.265. The minimum absolute atomic E-state index is 0.176. The van der Waals surface area contributed by atoms with Crippen LogP contribution in [0.4, 0.5) is 0 Å². The smallest absolute Gasteiger partial charge is 0.223 e. The van der Waals surface area contributed by atoms with Crippen LogP contribution < -0.4 is 0 Å². The van der Waals surface area contributed by atoms with Gasteiger partial charge in [-0.3, -0.25) is 4.79 Å². The molecule has 1 saturated heterocycles. The molecule has 82 valence electrons. The third-order valence-electron chi connectivity index (χ3n) is 2.74. The van der Waals surface area contributed by atoms with Crippen LogP contribution in [-0.4, -0.2) is 40.9 Å². The molecule has 1 unspecified atom stereocenters. The first-order valence-electron chi connectivity index (χ1n) is 5.30. The Morgan fingerprint density at radius 3 is 2.93 bits per heavy atom. The summed E-state index contributed by atoms with van der Waals surface area (Å²) in [6.07, 6.45) is 4.55. The van der Waals surface area contributed by atoms with E-state index in [1.807, 2.05) is 4.90 Å². The zero-order chi connectivity index (χ0) is 10.4. The number of carbonyl (C=O) groups excluding carboxylic acids is 1. The van der Waals surface area contributed by atoms with Crippen molar-refractivity contribution in [2.45, 2.75) is 38.1 Å². The molecule has 3 nitrogen and oxygen atoms in total. The van der Waals surface area contributed by atoms with Gasteiger partial charge in [0.2, 0.25) is 5.91 Å². The highest BCUT2D eigenvalue weighted by molar-refractivity contribution is 7.80. The van der Waals surface area contributed by atoms with Crippen LogP contribution in [0.1, 0.15) is 32.1 Å². The lowest BCUT2D eigenvalue weighted by Gasteiger charge is -2.35. The van der Waals surface area contributed by atoms with Crippen LogP contribution in [0.2, 0.25) is 0 Å². The summed E-state index contributed by atoms with van der Waals surface area (Å²) < 4.78 is 0. The fraction of sp³-hybridized carbons (Fsp3) is 0.900. The van der Waals surface area contributed by atoms with Crippen molar-refractivity contribution in [1.29, 1.82) is 0 Å². The lowest BCUT2D eigenvalue weighted by atomic mass is 9.99. The molecule has 0 aromatic heterocycles. The highest BCUT2D eigenvalue weighted by Gasteiger charge is 2.25. The van der Waals surface area contributed by atoms with Crippen molar-refractivity contribution in [3.8, 4) is 0 Å². The van der Waals surface area contributed by atoms with Crippen molar-refractivity contribution in [2.75, 3.05) is 18.9 Å². The summed E-state index contributed by atoms with van der Waals surface area (Å²) in [7, 11) is 0. The number of nitrogens with zero attached hydrogens (tertiary/aromatic N) is 1. The van der Waals surface area contributed by atoms with Gasteiger partial charge in [0.1, 0.15) is 0 Å². The number of piperidine rings is 1. The standard InChI is InChI=1S/C10H19NO2S/c12-7-4-9-3-1-2-6-11(9)10(13)5-8-14/h9,12,14H,1-8H2. The normalized spacial score (nSPS) is 22.4. The van der Waals surface area contributed by atoms with E-state index in [1.54, 1.807) is 0 Å². The zero-order valence-electron chi connectivity index (χ0n) is 8.48. The Balaban J connectivity index is 2.48. The molecule has 1 N–H and O–H groups in total. The number of hydrogen-bond acceptors (Lipinski definition) is 3. The second-order valence-corrected chi connectivity index (χ2v) is 4.17. The third kappa shape index (κ3) is 3.17. The summed E-state index contributed by atoms with van der Waals surface area (Å²) in [5, 5.41) is 8.89. The van der Waals surface area contributed by atoms with E-state index in [0.29, 0.717) is 12.2 Å². The summed E-state index contributed by atoms with van der Waals surface area (Å²) in [6.45, 7) is 1.03. The Labute approximate surface area is 90.9 Å². The lowest BCUT2D eigenvalue weighted by molar-refractivity contribution is -0.134. The maximum absolute atomic E-state index is 11.7. The molecule has 0 bridgehead atoms. The predicted molar refractivity (Wildman–Crippen MR) is 59.5 cm³/mol. The molecule has 14 heavy (non-hydrogen) atoms. The van der Waals surface area contributed by atoms with Gasteiger partial charge in [-0.2, -0.15) is 12.6 Å². The van der Waals surface area contributed by atoms with E-state index >= 15 is 0 Å². The van der Waals surface area contributed by atoms with Gasteiger partial charge in [-0.05, 0) is 31.4 Å². The maximum Gasteiger partial charge on any atom is 0.223 e. The number of amides is 1. The van der Waals surface area contributed by atoms with Gasteiger partial charge in [-0.1, -0.05) is 0 Å². The van der Waals surface area contributed by atoms with Gasteiger partial charge >= 0.3 is 0 Å². The molecule has 1 rings (SSSR count). The van der Waals surface area contributed by atoms with Crippen molar-refractivity contribution in [2.24, 2.45) is 0 Å². The molecule has 1 fully saturated rings. The number of thiol groups is 1. The van der Waals surface area contributed by atoms with Crippen LogP contribution >= 0.6 is 12.6 Å². The fourth-order valence-electron chi connectivity index (χ4n) is 2.02. The van der Waals surface area contributed by atoms with Crippen molar-refractivity contribution in [3.63, 3.8) is 0 Å². The Morgan fingerprint density at radius 1 is 1.50 bits per heavy atom. The fourth-order valence-corrected chi connectivity index (χ4v) is 2.21. The van der Waals surface area contributed by atoms with E-state index in [0.717, 1.165) is 25.8 Å². The zero-order valence-corrected chi connectivity index (χ0v) is 9.38. The van der Waals surface area contributed by atoms with Crippen LogP contribution in [0.15, 0.2) is 0 Å². The van der Waals surface area contributed by atoms with Crippen LogP contribution in [0.25, 0.3) is 0 Å². The van der Waals surface area contributed by atoms with E-state index in [-0.39, 0.29) is 18.6 Å². The van der Waals surface area contributed by atoms with E-state index in [1.165, 1.54) is 6.42 Å². The van der Waals surface area contributed by atoms with E-state index in [2.05, 4.69) is 12.6 Å². The van der Waals surface area contributed by atoms with Gasteiger partial charge < -0.3 is 10.0 Å². The molecule has 0 saturated carbocycles. The van der Waals surface area contributed by atoms with Crippen molar-refractivity contribution in [1.82, 2.24) is 4.90 Å². The molecule has 0 aromatic rings. The molecule has 0 aliphatic carbocycles. The van der Waals surface area contributed by atoms with E-state index < -0.39 is 0 Å². The molecule has 1 amide bonds. The summed E-state index contributed by atoms with van der Waals surface area (Å²) in [5.41, 5.74) is 0.